The largest absolute Gasteiger partial charge is 0.315 e. The molecule has 0 aromatic rings. The summed E-state index contributed by atoms with van der Waals surface area (Å²) in [6.07, 6.45) is 3.55. The van der Waals surface area contributed by atoms with Gasteiger partial charge in [0.15, 0.2) is 0 Å². The van der Waals surface area contributed by atoms with Crippen molar-refractivity contribution in [3.63, 3.8) is 0 Å². The zero-order valence-electron chi connectivity index (χ0n) is 9.62. The van der Waals surface area contributed by atoms with Gasteiger partial charge in [0.05, 0.1) is 5.25 Å². The monoisotopic (exact) mass is 234 g/mol. The fourth-order valence-electron chi connectivity index (χ4n) is 1.92. The summed E-state index contributed by atoms with van der Waals surface area (Å²) >= 11 is 0. The van der Waals surface area contributed by atoms with Crippen LogP contribution < -0.4 is 10.0 Å². The number of hydrogen-bond acceptors (Lipinski definition) is 3. The Bertz CT molecular complexity index is 271. The summed E-state index contributed by atoms with van der Waals surface area (Å²) in [5, 5.41) is 2.85. The van der Waals surface area contributed by atoms with E-state index in [4.69, 9.17) is 0 Å². The zero-order valence-corrected chi connectivity index (χ0v) is 10.4. The molecule has 0 saturated carbocycles. The summed E-state index contributed by atoms with van der Waals surface area (Å²) in [5.74, 6) is 0. The van der Waals surface area contributed by atoms with Crippen LogP contribution >= 0.6 is 0 Å². The Kier molecular flexibility index (Phi) is 5.02. The van der Waals surface area contributed by atoms with Gasteiger partial charge in [-0.25, -0.2) is 13.1 Å². The van der Waals surface area contributed by atoms with Gasteiger partial charge in [0.25, 0.3) is 0 Å². The Morgan fingerprint density at radius 2 is 2.20 bits per heavy atom. The van der Waals surface area contributed by atoms with E-state index in [0.717, 1.165) is 32.2 Å². The molecule has 0 bridgehead atoms. The summed E-state index contributed by atoms with van der Waals surface area (Å²) in [5.41, 5.74) is 0. The summed E-state index contributed by atoms with van der Waals surface area (Å²) in [6, 6.07) is 0.112. The highest BCUT2D eigenvalue weighted by molar-refractivity contribution is 7.90. The lowest BCUT2D eigenvalue weighted by Gasteiger charge is -2.19. The molecule has 0 spiro atoms. The van der Waals surface area contributed by atoms with E-state index in [1.54, 1.807) is 0 Å². The molecule has 0 amide bonds. The topological polar surface area (TPSA) is 58.2 Å². The van der Waals surface area contributed by atoms with Gasteiger partial charge in [-0.3, -0.25) is 0 Å². The van der Waals surface area contributed by atoms with E-state index in [2.05, 4.69) is 17.0 Å². The third kappa shape index (κ3) is 3.74. The van der Waals surface area contributed by atoms with Gasteiger partial charge in [-0.15, -0.1) is 0 Å². The van der Waals surface area contributed by atoms with Crippen molar-refractivity contribution in [3.8, 4) is 0 Å². The van der Waals surface area contributed by atoms with Crippen molar-refractivity contribution >= 4 is 10.0 Å². The first-order valence-corrected chi connectivity index (χ1v) is 7.36. The van der Waals surface area contributed by atoms with Crippen molar-refractivity contribution in [2.45, 2.75) is 50.8 Å². The lowest BCUT2D eigenvalue weighted by atomic mass is 10.1. The van der Waals surface area contributed by atoms with Crippen LogP contribution in [0, 0.1) is 0 Å². The highest BCUT2D eigenvalue weighted by atomic mass is 32.2. The molecule has 1 fully saturated rings. The van der Waals surface area contributed by atoms with Crippen LogP contribution in [0.2, 0.25) is 0 Å². The highest BCUT2D eigenvalue weighted by Crippen LogP contribution is 2.11. The van der Waals surface area contributed by atoms with Crippen molar-refractivity contribution in [2.24, 2.45) is 0 Å². The highest BCUT2D eigenvalue weighted by Gasteiger charge is 2.29. The van der Waals surface area contributed by atoms with Crippen LogP contribution in [0.5, 0.6) is 0 Å². The van der Waals surface area contributed by atoms with Crippen LogP contribution in [0.15, 0.2) is 0 Å². The average Bonchev–Trinajstić information content (AvgIpc) is 2.70. The molecule has 0 radical (unpaired) electrons. The fraction of sp³-hybridized carbons (Fsp3) is 1.00. The second-order valence-electron chi connectivity index (χ2n) is 4.17. The van der Waals surface area contributed by atoms with Crippen LogP contribution in [-0.4, -0.2) is 32.8 Å². The van der Waals surface area contributed by atoms with Crippen LogP contribution in [-0.2, 0) is 10.0 Å². The summed E-state index contributed by atoms with van der Waals surface area (Å²) in [6.45, 7) is 5.51. The third-order valence-corrected chi connectivity index (χ3v) is 4.86. The maximum absolute atomic E-state index is 11.9. The van der Waals surface area contributed by atoms with Crippen molar-refractivity contribution in [1.82, 2.24) is 10.0 Å². The Morgan fingerprint density at radius 3 is 2.67 bits per heavy atom. The van der Waals surface area contributed by atoms with E-state index >= 15 is 0 Å². The molecule has 0 aromatic heterocycles. The van der Waals surface area contributed by atoms with Crippen molar-refractivity contribution < 1.29 is 8.42 Å². The van der Waals surface area contributed by atoms with E-state index in [0.29, 0.717) is 6.54 Å². The quantitative estimate of drug-likeness (QED) is 0.716. The molecular weight excluding hydrogens is 212 g/mol. The molecule has 90 valence electrons. The van der Waals surface area contributed by atoms with E-state index in [-0.39, 0.29) is 11.3 Å². The van der Waals surface area contributed by atoms with Crippen LogP contribution in [0.4, 0.5) is 0 Å². The van der Waals surface area contributed by atoms with Gasteiger partial charge in [0.2, 0.25) is 10.0 Å². The first kappa shape index (κ1) is 12.9. The third-order valence-electron chi connectivity index (χ3n) is 2.91. The predicted octanol–water partition coefficient (Wildman–Crippen LogP) is 0.846. The first-order chi connectivity index (χ1) is 7.10. The SMILES string of the molecule is CCCC(CC)NS(=O)(=O)C1CCNC1. The molecule has 1 heterocycles. The second kappa shape index (κ2) is 5.82. The zero-order chi connectivity index (χ0) is 11.3. The smallest absolute Gasteiger partial charge is 0.216 e. The average molecular weight is 234 g/mol. The Labute approximate surface area is 92.9 Å². The number of rotatable bonds is 6. The van der Waals surface area contributed by atoms with Crippen LogP contribution in [0.3, 0.4) is 0 Å². The molecular formula is C10H22N2O2S. The standard InChI is InChI=1S/C10H22N2O2S/c1-3-5-9(4-2)12-15(13,14)10-6-7-11-8-10/h9-12H,3-8H2,1-2H3. The molecule has 0 aliphatic carbocycles. The fourth-order valence-corrected chi connectivity index (χ4v) is 3.62. The van der Waals surface area contributed by atoms with E-state index in [9.17, 15) is 8.42 Å². The molecule has 1 rings (SSSR count). The lowest BCUT2D eigenvalue weighted by Crippen LogP contribution is -2.41. The molecule has 0 aromatic carbocycles. The minimum absolute atomic E-state index is 0.112. The van der Waals surface area contributed by atoms with Crippen molar-refractivity contribution in [2.75, 3.05) is 13.1 Å². The summed E-state index contributed by atoms with van der Waals surface area (Å²) < 4.78 is 26.7. The van der Waals surface area contributed by atoms with Crippen LogP contribution in [0.25, 0.3) is 0 Å². The molecule has 1 saturated heterocycles. The number of sulfonamides is 1. The van der Waals surface area contributed by atoms with Gasteiger partial charge in [0, 0.05) is 12.6 Å². The number of hydrogen-bond donors (Lipinski definition) is 2. The van der Waals surface area contributed by atoms with Gasteiger partial charge in [-0.1, -0.05) is 20.3 Å². The number of nitrogens with one attached hydrogen (secondary N) is 2. The van der Waals surface area contributed by atoms with Crippen molar-refractivity contribution in [3.05, 3.63) is 0 Å². The molecule has 2 unspecified atom stereocenters. The maximum atomic E-state index is 11.9. The molecule has 1 aliphatic rings. The van der Waals surface area contributed by atoms with Gasteiger partial charge < -0.3 is 5.32 Å². The normalized spacial score (nSPS) is 24.3. The summed E-state index contributed by atoms with van der Waals surface area (Å²) in [4.78, 5) is 0. The Morgan fingerprint density at radius 1 is 1.47 bits per heavy atom. The summed E-state index contributed by atoms with van der Waals surface area (Å²) in [7, 11) is -3.11. The van der Waals surface area contributed by atoms with E-state index in [1.165, 1.54) is 0 Å². The predicted molar refractivity (Wildman–Crippen MR) is 62.3 cm³/mol. The molecule has 2 N–H and O–H groups in total. The molecule has 1 aliphatic heterocycles. The minimum atomic E-state index is -3.11. The van der Waals surface area contributed by atoms with E-state index < -0.39 is 10.0 Å². The van der Waals surface area contributed by atoms with Gasteiger partial charge in [-0.2, -0.15) is 0 Å². The van der Waals surface area contributed by atoms with Gasteiger partial charge in [-0.05, 0) is 25.8 Å². The van der Waals surface area contributed by atoms with Gasteiger partial charge >= 0.3 is 0 Å². The minimum Gasteiger partial charge on any atom is -0.315 e. The van der Waals surface area contributed by atoms with Gasteiger partial charge in [0.1, 0.15) is 0 Å². The van der Waals surface area contributed by atoms with Crippen molar-refractivity contribution in [1.29, 1.82) is 0 Å². The van der Waals surface area contributed by atoms with E-state index in [1.807, 2.05) is 6.92 Å². The lowest BCUT2D eigenvalue weighted by molar-refractivity contribution is 0.505. The van der Waals surface area contributed by atoms with Crippen LogP contribution in [0.1, 0.15) is 39.5 Å². The molecule has 5 heteroatoms. The first-order valence-electron chi connectivity index (χ1n) is 5.82. The maximum Gasteiger partial charge on any atom is 0.216 e. The second-order valence-corrected chi connectivity index (χ2v) is 6.16. The molecule has 4 nitrogen and oxygen atoms in total. The molecule has 15 heavy (non-hydrogen) atoms. The molecule has 2 atom stereocenters. The Hall–Kier alpha value is -0.130. The Balaban J connectivity index is 2.53.